The summed E-state index contributed by atoms with van der Waals surface area (Å²) >= 11 is 1.72. The molecule has 1 aliphatic rings. The van der Waals surface area contributed by atoms with Gasteiger partial charge in [0.05, 0.1) is 10.6 Å². The van der Waals surface area contributed by atoms with Gasteiger partial charge in [0.2, 0.25) is 5.95 Å². The molecule has 3 aromatic heterocycles. The van der Waals surface area contributed by atoms with E-state index in [-0.39, 0.29) is 10.5 Å². The van der Waals surface area contributed by atoms with Crippen LogP contribution in [-0.4, -0.2) is 59.5 Å². The average molecular weight is 563 g/mol. The summed E-state index contributed by atoms with van der Waals surface area (Å²) in [6.45, 7) is 1.54. The van der Waals surface area contributed by atoms with E-state index in [0.717, 1.165) is 31.5 Å². The Kier molecular flexibility index (Phi) is 6.52. The lowest BCUT2D eigenvalue weighted by Crippen LogP contribution is -2.23. The number of benzene rings is 2. The molecule has 2 aromatic carbocycles. The fourth-order valence-corrected chi connectivity index (χ4v) is 6.43. The second-order valence-electron chi connectivity index (χ2n) is 10.5. The van der Waals surface area contributed by atoms with Crippen LogP contribution in [-0.2, 0) is 22.8 Å². The number of thiophene rings is 1. The van der Waals surface area contributed by atoms with Crippen LogP contribution >= 0.6 is 11.3 Å². The summed E-state index contributed by atoms with van der Waals surface area (Å²) in [5.74, 6) is 0.789. The van der Waals surface area contributed by atoms with E-state index in [2.05, 4.69) is 46.8 Å². The first-order valence-corrected chi connectivity index (χ1v) is 15.7. The molecule has 1 saturated carbocycles. The van der Waals surface area contributed by atoms with Crippen LogP contribution in [0.2, 0.25) is 0 Å². The summed E-state index contributed by atoms with van der Waals surface area (Å²) < 4.78 is 29.1. The minimum Gasteiger partial charge on any atom is -0.324 e. The van der Waals surface area contributed by atoms with Gasteiger partial charge in [0.1, 0.15) is 5.39 Å². The van der Waals surface area contributed by atoms with Crippen molar-refractivity contribution in [3.8, 4) is 5.69 Å². The Balaban J connectivity index is 1.40. The van der Waals surface area contributed by atoms with Gasteiger partial charge in [0.25, 0.3) is 5.56 Å². The van der Waals surface area contributed by atoms with Crippen LogP contribution in [0.15, 0.2) is 63.7 Å². The van der Waals surface area contributed by atoms with E-state index >= 15 is 0 Å². The highest BCUT2D eigenvalue weighted by atomic mass is 32.2. The van der Waals surface area contributed by atoms with Gasteiger partial charge in [0, 0.05) is 35.9 Å². The van der Waals surface area contributed by atoms with Crippen molar-refractivity contribution in [2.24, 2.45) is 5.92 Å². The smallest absolute Gasteiger partial charge is 0.278 e. The van der Waals surface area contributed by atoms with Crippen molar-refractivity contribution in [3.63, 3.8) is 0 Å². The van der Waals surface area contributed by atoms with Crippen molar-refractivity contribution in [2.45, 2.75) is 30.7 Å². The predicted octanol–water partition coefficient (Wildman–Crippen LogP) is 4.46. The number of sulfone groups is 1. The minimum absolute atomic E-state index is 0.182. The number of nitrogens with zero attached hydrogens (tertiary/aromatic N) is 5. The number of nitrogens with one attached hydrogen (secondary N) is 1. The van der Waals surface area contributed by atoms with Gasteiger partial charge in [-0.1, -0.05) is 12.1 Å². The first-order chi connectivity index (χ1) is 18.7. The lowest BCUT2D eigenvalue weighted by molar-refractivity contribution is 0.414. The molecule has 0 spiro atoms. The molecule has 9 nitrogen and oxygen atoms in total. The Labute approximate surface area is 230 Å². The molecular formula is C28H30N6O3S2. The van der Waals surface area contributed by atoms with Gasteiger partial charge < -0.3 is 10.2 Å². The predicted molar refractivity (Wildman–Crippen MR) is 156 cm³/mol. The number of likely N-dealkylation sites (N-methyl/N-ethyl adjacent to an activating group) is 1. The van der Waals surface area contributed by atoms with Gasteiger partial charge in [-0.3, -0.25) is 4.79 Å². The maximum absolute atomic E-state index is 13.4. The largest absolute Gasteiger partial charge is 0.324 e. The summed E-state index contributed by atoms with van der Waals surface area (Å²) in [5, 5.41) is 7.16. The molecule has 0 radical (unpaired) electrons. The fourth-order valence-electron chi connectivity index (χ4n) is 4.73. The number of hydrogen-bond acceptors (Lipinski definition) is 8. The molecule has 0 unspecified atom stereocenters. The normalized spacial score (nSPS) is 14.1. The van der Waals surface area contributed by atoms with Gasteiger partial charge >= 0.3 is 0 Å². The van der Waals surface area contributed by atoms with Crippen molar-refractivity contribution in [1.29, 1.82) is 0 Å². The molecule has 39 heavy (non-hydrogen) atoms. The first kappa shape index (κ1) is 25.7. The number of hydrogen-bond donors (Lipinski definition) is 1. The topological polar surface area (TPSA) is 102 Å². The number of aromatic nitrogens is 4. The third-order valence-electron chi connectivity index (χ3n) is 7.03. The number of anilines is 2. The second kappa shape index (κ2) is 9.89. The Morgan fingerprint density at radius 2 is 1.95 bits per heavy atom. The van der Waals surface area contributed by atoms with E-state index in [9.17, 15) is 13.2 Å². The SMILES string of the molecule is CN(C)CCc1csc2cc(Nc3ncc4c(=O)n(CC5CC5)n(-c5cccc(S(C)(=O)=O)c5)c4n3)ccc12. The highest BCUT2D eigenvalue weighted by Crippen LogP contribution is 2.32. The molecule has 6 rings (SSSR count). The molecular weight excluding hydrogens is 532 g/mol. The molecule has 0 aliphatic heterocycles. The summed E-state index contributed by atoms with van der Waals surface area (Å²) in [6, 6.07) is 12.9. The van der Waals surface area contributed by atoms with Crippen molar-refractivity contribution in [2.75, 3.05) is 32.2 Å². The van der Waals surface area contributed by atoms with Crippen LogP contribution in [0.25, 0.3) is 26.8 Å². The zero-order valence-electron chi connectivity index (χ0n) is 22.1. The van der Waals surface area contributed by atoms with E-state index in [1.807, 2.05) is 6.07 Å². The van der Waals surface area contributed by atoms with E-state index in [1.54, 1.807) is 51.2 Å². The van der Waals surface area contributed by atoms with Crippen LogP contribution in [0.1, 0.15) is 18.4 Å². The van der Waals surface area contributed by atoms with Crippen molar-refractivity contribution in [1.82, 2.24) is 24.2 Å². The molecule has 0 amide bonds. The van der Waals surface area contributed by atoms with Crippen LogP contribution in [0, 0.1) is 5.92 Å². The highest BCUT2D eigenvalue weighted by Gasteiger charge is 2.26. The Morgan fingerprint density at radius 1 is 1.13 bits per heavy atom. The zero-order chi connectivity index (χ0) is 27.3. The molecule has 11 heteroatoms. The van der Waals surface area contributed by atoms with Crippen LogP contribution in [0.4, 0.5) is 11.6 Å². The van der Waals surface area contributed by atoms with E-state index in [0.29, 0.717) is 35.1 Å². The van der Waals surface area contributed by atoms with Crippen molar-refractivity contribution >= 4 is 53.9 Å². The van der Waals surface area contributed by atoms with Gasteiger partial charge in [-0.2, -0.15) is 4.98 Å². The lowest BCUT2D eigenvalue weighted by atomic mass is 10.1. The maximum Gasteiger partial charge on any atom is 0.278 e. The first-order valence-electron chi connectivity index (χ1n) is 12.9. The summed E-state index contributed by atoms with van der Waals surface area (Å²) in [6.07, 6.45) is 5.86. The molecule has 1 N–H and O–H groups in total. The third-order valence-corrected chi connectivity index (χ3v) is 9.14. The number of rotatable bonds is 9. The summed E-state index contributed by atoms with van der Waals surface area (Å²) in [4.78, 5) is 25.0. The molecule has 1 aliphatic carbocycles. The van der Waals surface area contributed by atoms with Crippen LogP contribution in [0.5, 0.6) is 0 Å². The molecule has 0 saturated heterocycles. The van der Waals surface area contributed by atoms with Crippen molar-refractivity contribution < 1.29 is 8.42 Å². The quantitative estimate of drug-likeness (QED) is 0.283. The lowest BCUT2D eigenvalue weighted by Gasteiger charge is -2.13. The van der Waals surface area contributed by atoms with Gasteiger partial charge in [-0.15, -0.1) is 11.3 Å². The molecule has 202 valence electrons. The van der Waals surface area contributed by atoms with Crippen LogP contribution in [0.3, 0.4) is 0 Å². The number of fused-ring (bicyclic) bond motifs is 2. The highest BCUT2D eigenvalue weighted by molar-refractivity contribution is 7.90. The molecule has 5 aromatic rings. The van der Waals surface area contributed by atoms with E-state index in [1.165, 1.54) is 21.9 Å². The fraction of sp³-hybridized carbons (Fsp3) is 0.321. The van der Waals surface area contributed by atoms with E-state index in [4.69, 9.17) is 4.98 Å². The van der Waals surface area contributed by atoms with E-state index < -0.39 is 9.84 Å². The average Bonchev–Trinajstić information content (AvgIpc) is 3.57. The van der Waals surface area contributed by atoms with Gasteiger partial charge in [0.15, 0.2) is 15.5 Å². The summed E-state index contributed by atoms with van der Waals surface area (Å²) in [7, 11) is 0.734. The second-order valence-corrected chi connectivity index (χ2v) is 13.4. The van der Waals surface area contributed by atoms with Crippen LogP contribution < -0.4 is 10.9 Å². The Morgan fingerprint density at radius 3 is 2.69 bits per heavy atom. The van der Waals surface area contributed by atoms with Gasteiger partial charge in [-0.25, -0.2) is 22.8 Å². The van der Waals surface area contributed by atoms with Crippen molar-refractivity contribution in [3.05, 3.63) is 70.0 Å². The zero-order valence-corrected chi connectivity index (χ0v) is 23.7. The Bertz CT molecular complexity index is 1870. The summed E-state index contributed by atoms with van der Waals surface area (Å²) in [5.41, 5.74) is 3.02. The monoisotopic (exact) mass is 562 g/mol. The molecule has 1 fully saturated rings. The molecule has 0 bridgehead atoms. The minimum atomic E-state index is -3.42. The van der Waals surface area contributed by atoms with Gasteiger partial charge in [-0.05, 0) is 85.9 Å². The standard InChI is InChI=1S/C28H30N6O3S2/c1-32(2)12-11-19-17-38-25-13-20(9-10-23(19)25)30-28-29-15-24-26(31-28)34(33(27(24)35)16-18-7-8-18)21-5-4-6-22(14-21)39(3,36)37/h4-6,9-10,13-15,17-18H,7-8,11-12,16H2,1-3H3,(H,29,30,31). The maximum atomic E-state index is 13.4. The Hall–Kier alpha value is -3.54. The molecule has 3 heterocycles. The molecule has 0 atom stereocenters. The third kappa shape index (κ3) is 5.21.